The Morgan fingerprint density at radius 3 is 2.92 bits per heavy atom. The first-order valence-corrected chi connectivity index (χ1v) is 4.78. The minimum atomic E-state index is -0.185. The first-order chi connectivity index (χ1) is 6.16. The molecule has 0 aromatic rings. The predicted octanol–water partition coefficient (Wildman–Crippen LogP) is 0.584. The van der Waals surface area contributed by atoms with Gasteiger partial charge in [-0.2, -0.15) is 0 Å². The van der Waals surface area contributed by atoms with Gasteiger partial charge in [0.15, 0.2) is 0 Å². The van der Waals surface area contributed by atoms with Crippen LogP contribution in [0.1, 0.15) is 26.7 Å². The second kappa shape index (κ2) is 4.25. The lowest BCUT2D eigenvalue weighted by Gasteiger charge is -2.24. The molecule has 0 aromatic carbocycles. The molecule has 1 amide bonds. The Morgan fingerprint density at radius 1 is 1.77 bits per heavy atom. The highest BCUT2D eigenvalue weighted by molar-refractivity contribution is 5.89. The summed E-state index contributed by atoms with van der Waals surface area (Å²) in [6.07, 6.45) is 1.81. The molecule has 4 nitrogen and oxygen atoms in total. The summed E-state index contributed by atoms with van der Waals surface area (Å²) >= 11 is 0. The molecule has 0 radical (unpaired) electrons. The number of amides is 1. The van der Waals surface area contributed by atoms with E-state index in [4.69, 9.17) is 5.41 Å². The number of nitrogens with one attached hydrogen (secondary N) is 2. The summed E-state index contributed by atoms with van der Waals surface area (Å²) in [6.45, 7) is 5.26. The van der Waals surface area contributed by atoms with E-state index in [9.17, 15) is 4.79 Å². The lowest BCUT2D eigenvalue weighted by molar-refractivity contribution is -0.124. The van der Waals surface area contributed by atoms with Gasteiger partial charge in [-0.15, -0.1) is 0 Å². The zero-order valence-electron chi connectivity index (χ0n) is 8.26. The lowest BCUT2D eigenvalue weighted by atomic mass is 10.2. The monoisotopic (exact) mass is 183 g/mol. The van der Waals surface area contributed by atoms with Crippen LogP contribution in [-0.4, -0.2) is 35.8 Å². The molecule has 1 aliphatic heterocycles. The van der Waals surface area contributed by atoms with Crippen LogP contribution in [0.15, 0.2) is 0 Å². The van der Waals surface area contributed by atoms with E-state index in [-0.39, 0.29) is 11.9 Å². The molecule has 1 unspecified atom stereocenters. The normalized spacial score (nSPS) is 18.9. The molecular formula is C9H17N3O. The van der Waals surface area contributed by atoms with Gasteiger partial charge in [0.25, 0.3) is 0 Å². The first kappa shape index (κ1) is 10.0. The van der Waals surface area contributed by atoms with Gasteiger partial charge in [-0.05, 0) is 20.3 Å². The zero-order valence-corrected chi connectivity index (χ0v) is 8.26. The predicted molar refractivity (Wildman–Crippen MR) is 51.8 cm³/mol. The average Bonchev–Trinajstić information content (AvgIpc) is 2.50. The van der Waals surface area contributed by atoms with Crippen molar-refractivity contribution in [1.82, 2.24) is 10.2 Å². The summed E-state index contributed by atoms with van der Waals surface area (Å²) < 4.78 is 0. The number of nitrogens with zero attached hydrogens (tertiary/aromatic N) is 1. The third kappa shape index (κ3) is 2.20. The van der Waals surface area contributed by atoms with Crippen molar-refractivity contribution in [2.45, 2.75) is 32.7 Å². The van der Waals surface area contributed by atoms with Crippen molar-refractivity contribution < 1.29 is 4.79 Å². The van der Waals surface area contributed by atoms with Crippen LogP contribution >= 0.6 is 0 Å². The molecule has 1 aliphatic rings. The standard InChI is InChI=1S/C9H17N3O/c1-3-11-9(13)7(2)12-6-4-5-8(12)10/h7,10H,3-6H2,1-2H3,(H,11,13). The van der Waals surface area contributed by atoms with Crippen molar-refractivity contribution in [1.29, 1.82) is 5.41 Å². The number of hydrogen-bond donors (Lipinski definition) is 2. The van der Waals surface area contributed by atoms with Crippen molar-refractivity contribution >= 4 is 11.7 Å². The topological polar surface area (TPSA) is 56.2 Å². The molecule has 13 heavy (non-hydrogen) atoms. The smallest absolute Gasteiger partial charge is 0.242 e. The van der Waals surface area contributed by atoms with E-state index in [2.05, 4.69) is 5.32 Å². The first-order valence-electron chi connectivity index (χ1n) is 4.78. The largest absolute Gasteiger partial charge is 0.355 e. The van der Waals surface area contributed by atoms with Crippen LogP contribution in [0, 0.1) is 5.41 Å². The summed E-state index contributed by atoms with van der Waals surface area (Å²) in [5.41, 5.74) is 0. The maximum absolute atomic E-state index is 11.4. The van der Waals surface area contributed by atoms with Crippen LogP contribution in [0.2, 0.25) is 0 Å². The van der Waals surface area contributed by atoms with Gasteiger partial charge < -0.3 is 10.2 Å². The van der Waals surface area contributed by atoms with Gasteiger partial charge >= 0.3 is 0 Å². The SMILES string of the molecule is CCNC(=O)C(C)N1CCCC1=N. The number of rotatable bonds is 3. The van der Waals surface area contributed by atoms with Crippen LogP contribution < -0.4 is 5.32 Å². The van der Waals surface area contributed by atoms with E-state index in [0.29, 0.717) is 12.4 Å². The number of hydrogen-bond acceptors (Lipinski definition) is 2. The Morgan fingerprint density at radius 2 is 2.46 bits per heavy atom. The number of carbonyl (C=O) groups is 1. The lowest BCUT2D eigenvalue weighted by Crippen LogP contribution is -2.45. The molecule has 0 saturated carbocycles. The van der Waals surface area contributed by atoms with Crippen molar-refractivity contribution in [2.75, 3.05) is 13.1 Å². The summed E-state index contributed by atoms with van der Waals surface area (Å²) in [5.74, 6) is 0.618. The van der Waals surface area contributed by atoms with Gasteiger partial charge in [0.1, 0.15) is 6.04 Å². The van der Waals surface area contributed by atoms with E-state index in [1.165, 1.54) is 0 Å². The molecule has 4 heteroatoms. The molecule has 0 aromatic heterocycles. The van der Waals surface area contributed by atoms with E-state index in [1.807, 2.05) is 18.7 Å². The van der Waals surface area contributed by atoms with Gasteiger partial charge in [-0.1, -0.05) is 0 Å². The van der Waals surface area contributed by atoms with Crippen molar-refractivity contribution in [3.05, 3.63) is 0 Å². The van der Waals surface area contributed by atoms with Gasteiger partial charge in [0.05, 0.1) is 5.84 Å². The van der Waals surface area contributed by atoms with Crippen molar-refractivity contribution in [3.63, 3.8) is 0 Å². The minimum Gasteiger partial charge on any atom is -0.355 e. The molecule has 0 bridgehead atoms. The highest BCUT2D eigenvalue weighted by Crippen LogP contribution is 2.13. The highest BCUT2D eigenvalue weighted by atomic mass is 16.2. The molecule has 74 valence electrons. The van der Waals surface area contributed by atoms with Crippen LogP contribution in [0.5, 0.6) is 0 Å². The second-order valence-corrected chi connectivity index (χ2v) is 3.31. The van der Waals surface area contributed by atoms with Crippen molar-refractivity contribution in [2.24, 2.45) is 0 Å². The number of likely N-dealkylation sites (N-methyl/N-ethyl adjacent to an activating group) is 1. The van der Waals surface area contributed by atoms with Crippen LogP contribution in [0.4, 0.5) is 0 Å². The Kier molecular flexibility index (Phi) is 3.28. The summed E-state index contributed by atoms with van der Waals surface area (Å²) in [7, 11) is 0. The van der Waals surface area contributed by atoms with Crippen molar-refractivity contribution in [3.8, 4) is 0 Å². The summed E-state index contributed by atoms with van der Waals surface area (Å²) in [6, 6.07) is -0.185. The maximum Gasteiger partial charge on any atom is 0.242 e. The fourth-order valence-electron chi connectivity index (χ4n) is 1.59. The number of amidine groups is 1. The van der Waals surface area contributed by atoms with E-state index in [0.717, 1.165) is 19.4 Å². The van der Waals surface area contributed by atoms with Gasteiger partial charge in [0, 0.05) is 19.5 Å². The molecule has 1 saturated heterocycles. The van der Waals surface area contributed by atoms with E-state index < -0.39 is 0 Å². The molecule has 1 rings (SSSR count). The summed E-state index contributed by atoms with van der Waals surface area (Å²) in [5, 5.41) is 10.4. The Labute approximate surface area is 78.8 Å². The van der Waals surface area contributed by atoms with E-state index in [1.54, 1.807) is 0 Å². The second-order valence-electron chi connectivity index (χ2n) is 3.31. The molecule has 1 heterocycles. The minimum absolute atomic E-state index is 0.0224. The zero-order chi connectivity index (χ0) is 9.84. The molecule has 0 aliphatic carbocycles. The highest BCUT2D eigenvalue weighted by Gasteiger charge is 2.26. The molecule has 2 N–H and O–H groups in total. The van der Waals surface area contributed by atoms with Gasteiger partial charge in [-0.25, -0.2) is 0 Å². The fourth-order valence-corrected chi connectivity index (χ4v) is 1.59. The average molecular weight is 183 g/mol. The Hall–Kier alpha value is -1.06. The number of likely N-dealkylation sites (tertiary alicyclic amines) is 1. The van der Waals surface area contributed by atoms with Crippen LogP contribution in [0.3, 0.4) is 0 Å². The quantitative estimate of drug-likeness (QED) is 0.672. The van der Waals surface area contributed by atoms with Gasteiger partial charge in [-0.3, -0.25) is 10.2 Å². The van der Waals surface area contributed by atoms with E-state index >= 15 is 0 Å². The van der Waals surface area contributed by atoms with Crippen LogP contribution in [0.25, 0.3) is 0 Å². The third-order valence-corrected chi connectivity index (χ3v) is 2.36. The molecule has 0 spiro atoms. The maximum atomic E-state index is 11.4. The summed E-state index contributed by atoms with van der Waals surface area (Å²) in [4.78, 5) is 13.3. The third-order valence-electron chi connectivity index (χ3n) is 2.36. The molecule has 1 fully saturated rings. The van der Waals surface area contributed by atoms with Crippen LogP contribution in [-0.2, 0) is 4.79 Å². The number of carbonyl (C=O) groups excluding carboxylic acids is 1. The molecule has 1 atom stereocenters. The van der Waals surface area contributed by atoms with Gasteiger partial charge in [0.2, 0.25) is 5.91 Å². The molecular weight excluding hydrogens is 166 g/mol. The Bertz CT molecular complexity index is 215. The Balaban J connectivity index is 2.50. The fraction of sp³-hybridized carbons (Fsp3) is 0.778.